The van der Waals surface area contributed by atoms with Crippen LogP contribution in [0.15, 0.2) is 11.6 Å². The molecule has 0 radical (unpaired) electrons. The molecule has 0 saturated carbocycles. The van der Waals surface area contributed by atoms with Crippen LogP contribution in [0.25, 0.3) is 0 Å². The number of carboxylic acid groups (broad SMARTS) is 2. The molecule has 0 aromatic carbocycles. The summed E-state index contributed by atoms with van der Waals surface area (Å²) in [5.41, 5.74) is -0.853. The molecular formula is C17H34NO8P. The number of hydrogen-bond donors (Lipinski definition) is 2. The lowest BCUT2D eigenvalue weighted by atomic mass is 9.86. The number of unbranched alkanes of at least 4 members (excludes halogenated alkanes) is 1. The highest BCUT2D eigenvalue weighted by molar-refractivity contribution is 7.47. The normalized spacial score (nSPS) is 14.7. The fourth-order valence-electron chi connectivity index (χ4n) is 1.51. The lowest BCUT2D eigenvalue weighted by Crippen LogP contribution is -2.37. The molecule has 0 rings (SSSR count). The first-order valence-electron chi connectivity index (χ1n) is 8.60. The van der Waals surface area contributed by atoms with Crippen LogP contribution in [0, 0.1) is 5.41 Å². The van der Waals surface area contributed by atoms with E-state index in [4.69, 9.17) is 14.2 Å². The van der Waals surface area contributed by atoms with Crippen LogP contribution in [0.5, 0.6) is 0 Å². The average Bonchev–Trinajstić information content (AvgIpc) is 2.42. The Morgan fingerprint density at radius 2 is 1.63 bits per heavy atom. The molecule has 9 nitrogen and oxygen atoms in total. The number of hydrogen-bond acceptors (Lipinski definition) is 6. The maximum atomic E-state index is 11.3. The smallest absolute Gasteiger partial charge is 0.472 e. The number of likely N-dealkylation sites (N-methyl/N-ethyl adjacent to an activating group) is 1. The SMILES string of the molecule is CC(C)(C)/C(=C/C(=O)[O-])C(=O)O.CCCCOP(=O)(O)OCC[N+](C)(C)C. The van der Waals surface area contributed by atoms with E-state index < -0.39 is 25.2 Å². The van der Waals surface area contributed by atoms with Gasteiger partial charge in [-0.05, 0) is 17.9 Å². The first-order chi connectivity index (χ1) is 12.0. The molecule has 1 atom stereocenters. The molecule has 0 spiro atoms. The Balaban J connectivity index is 0. The Labute approximate surface area is 161 Å². The third-order valence-corrected chi connectivity index (χ3v) is 4.09. The molecule has 2 N–H and O–H groups in total. The van der Waals surface area contributed by atoms with Crippen LogP contribution in [-0.2, 0) is 23.2 Å². The van der Waals surface area contributed by atoms with Gasteiger partial charge in [-0.15, -0.1) is 0 Å². The number of carboxylic acids is 2. The van der Waals surface area contributed by atoms with Gasteiger partial charge in [0, 0.05) is 5.57 Å². The highest BCUT2D eigenvalue weighted by Gasteiger charge is 2.23. The van der Waals surface area contributed by atoms with Gasteiger partial charge in [-0.2, -0.15) is 0 Å². The fraction of sp³-hybridized carbons (Fsp3) is 0.765. The molecule has 0 aliphatic carbocycles. The van der Waals surface area contributed by atoms with Gasteiger partial charge in [0.1, 0.15) is 13.2 Å². The Kier molecular flexibility index (Phi) is 12.7. The first kappa shape index (κ1) is 28.0. The maximum Gasteiger partial charge on any atom is 0.472 e. The monoisotopic (exact) mass is 411 g/mol. The van der Waals surface area contributed by atoms with Crippen molar-refractivity contribution in [1.29, 1.82) is 0 Å². The lowest BCUT2D eigenvalue weighted by Gasteiger charge is -2.23. The summed E-state index contributed by atoms with van der Waals surface area (Å²) in [6.45, 7) is 8.02. The number of phosphoric ester groups is 1. The molecule has 0 aromatic heterocycles. The fourth-order valence-corrected chi connectivity index (χ4v) is 2.26. The maximum absolute atomic E-state index is 11.3. The van der Waals surface area contributed by atoms with Gasteiger partial charge in [-0.25, -0.2) is 9.36 Å². The van der Waals surface area contributed by atoms with Crippen molar-refractivity contribution in [2.24, 2.45) is 5.41 Å². The predicted molar refractivity (Wildman–Crippen MR) is 99.7 cm³/mol. The van der Waals surface area contributed by atoms with Crippen molar-refractivity contribution in [3.8, 4) is 0 Å². The number of carbonyl (C=O) groups is 2. The molecule has 1 unspecified atom stereocenters. The largest absolute Gasteiger partial charge is 0.545 e. The van der Waals surface area contributed by atoms with E-state index in [0.29, 0.717) is 17.1 Å². The van der Waals surface area contributed by atoms with Crippen LogP contribution in [0.1, 0.15) is 40.5 Å². The Morgan fingerprint density at radius 1 is 1.15 bits per heavy atom. The molecule has 0 bridgehead atoms. The van der Waals surface area contributed by atoms with Crippen LogP contribution in [0.4, 0.5) is 0 Å². The molecular weight excluding hydrogens is 377 g/mol. The standard InChI is InChI=1S/C9H22NO4P.C8H12O4/c1-5-6-8-13-15(11,12)14-9-7-10(2,3)4;1-8(2,3)5(7(11)12)4-6(9)10/h5-9H2,1-4H3;4H,1-3H3,(H,9,10)(H,11,12)/b;5-4+. The molecule has 0 aromatic rings. The molecule has 0 fully saturated rings. The van der Waals surface area contributed by atoms with Gasteiger partial charge >= 0.3 is 13.8 Å². The quantitative estimate of drug-likeness (QED) is 0.239. The van der Waals surface area contributed by atoms with Crippen LogP contribution in [0.3, 0.4) is 0 Å². The minimum Gasteiger partial charge on any atom is -0.545 e. The zero-order valence-electron chi connectivity index (χ0n) is 17.4. The summed E-state index contributed by atoms with van der Waals surface area (Å²) in [5, 5.41) is 18.7. The average molecular weight is 411 g/mol. The van der Waals surface area contributed by atoms with Gasteiger partial charge in [0.25, 0.3) is 0 Å². The van der Waals surface area contributed by atoms with Crippen molar-refractivity contribution in [2.75, 3.05) is 40.9 Å². The van der Waals surface area contributed by atoms with Crippen molar-refractivity contribution in [1.82, 2.24) is 0 Å². The summed E-state index contributed by atoms with van der Waals surface area (Å²) >= 11 is 0. The Hall–Kier alpha value is -1.25. The van der Waals surface area contributed by atoms with Crippen LogP contribution in [0.2, 0.25) is 0 Å². The highest BCUT2D eigenvalue weighted by atomic mass is 31.2. The molecule has 160 valence electrons. The second kappa shape index (κ2) is 12.3. The van der Waals surface area contributed by atoms with E-state index in [1.54, 1.807) is 20.8 Å². The van der Waals surface area contributed by atoms with Crippen molar-refractivity contribution >= 4 is 19.8 Å². The Bertz CT molecular complexity index is 546. The summed E-state index contributed by atoms with van der Waals surface area (Å²) in [5.74, 6) is -2.71. The number of rotatable bonds is 10. The number of phosphoric acid groups is 1. The van der Waals surface area contributed by atoms with Crippen LogP contribution < -0.4 is 5.11 Å². The topological polar surface area (TPSA) is 133 Å². The molecule has 0 amide bonds. The van der Waals surface area contributed by atoms with Gasteiger partial charge in [0.05, 0.1) is 33.7 Å². The molecule has 0 heterocycles. The van der Waals surface area contributed by atoms with E-state index in [9.17, 15) is 24.2 Å². The van der Waals surface area contributed by atoms with Gasteiger partial charge in [-0.3, -0.25) is 9.05 Å². The van der Waals surface area contributed by atoms with Crippen LogP contribution in [-0.4, -0.2) is 67.3 Å². The van der Waals surface area contributed by atoms with E-state index >= 15 is 0 Å². The number of carbonyl (C=O) groups excluding carboxylic acids is 1. The lowest BCUT2D eigenvalue weighted by molar-refractivity contribution is -0.870. The van der Waals surface area contributed by atoms with Gasteiger partial charge in [-0.1, -0.05) is 34.1 Å². The number of nitrogens with zero attached hydrogens (tertiary/aromatic N) is 1. The summed E-state index contributed by atoms with van der Waals surface area (Å²) < 4.78 is 21.6. The zero-order valence-corrected chi connectivity index (χ0v) is 18.2. The van der Waals surface area contributed by atoms with Gasteiger partial charge < -0.3 is 24.4 Å². The van der Waals surface area contributed by atoms with Gasteiger partial charge in [0.15, 0.2) is 0 Å². The van der Waals surface area contributed by atoms with E-state index in [0.717, 1.165) is 12.8 Å². The van der Waals surface area contributed by atoms with Crippen LogP contribution >= 0.6 is 7.82 Å². The Morgan fingerprint density at radius 3 is 1.93 bits per heavy atom. The molecule has 0 aliphatic heterocycles. The molecule has 10 heteroatoms. The minimum atomic E-state index is -3.82. The van der Waals surface area contributed by atoms with Gasteiger partial charge in [0.2, 0.25) is 0 Å². The summed E-state index contributed by atoms with van der Waals surface area (Å²) in [6.07, 6.45) is 2.31. The second-order valence-corrected chi connectivity index (χ2v) is 9.39. The number of quaternary nitrogens is 1. The summed E-state index contributed by atoms with van der Waals surface area (Å²) in [6, 6.07) is 0. The van der Waals surface area contributed by atoms with Crippen molar-refractivity contribution in [2.45, 2.75) is 40.5 Å². The minimum absolute atomic E-state index is 0.164. The van der Waals surface area contributed by atoms with E-state index in [-0.39, 0.29) is 18.8 Å². The zero-order chi connectivity index (χ0) is 21.9. The molecule has 0 saturated heterocycles. The summed E-state index contributed by atoms with van der Waals surface area (Å²) in [4.78, 5) is 29.9. The van der Waals surface area contributed by atoms with E-state index in [2.05, 4.69) is 0 Å². The third kappa shape index (κ3) is 17.9. The molecule has 27 heavy (non-hydrogen) atoms. The highest BCUT2D eigenvalue weighted by Crippen LogP contribution is 2.43. The van der Waals surface area contributed by atoms with Crippen molar-refractivity contribution in [3.05, 3.63) is 11.6 Å². The molecule has 0 aliphatic rings. The van der Waals surface area contributed by atoms with Crippen molar-refractivity contribution in [3.63, 3.8) is 0 Å². The number of aliphatic carboxylic acids is 2. The first-order valence-corrected chi connectivity index (χ1v) is 10.1. The summed E-state index contributed by atoms with van der Waals surface area (Å²) in [7, 11) is 2.15. The van der Waals surface area contributed by atoms with Crippen molar-refractivity contribution < 1.29 is 42.8 Å². The third-order valence-electron chi connectivity index (χ3n) is 3.07. The second-order valence-electron chi connectivity index (χ2n) is 7.93. The predicted octanol–water partition coefficient (Wildman–Crippen LogP) is 1.42. The van der Waals surface area contributed by atoms with E-state index in [1.165, 1.54) is 0 Å². The van der Waals surface area contributed by atoms with E-state index in [1.807, 2.05) is 28.1 Å².